The first-order chi connectivity index (χ1) is 73.6. The predicted octanol–water partition coefficient (Wildman–Crippen LogP) is 36.3. The fraction of sp³-hybridized carbons (Fsp3) is 0.0441. The van der Waals surface area contributed by atoms with Gasteiger partial charge in [0.2, 0.25) is 0 Å². The summed E-state index contributed by atoms with van der Waals surface area (Å²) in [6.07, 6.45) is 0. The molecule has 698 valence electrons. The lowest BCUT2D eigenvalue weighted by molar-refractivity contribution is 0.669. The van der Waals surface area contributed by atoms with E-state index in [1.54, 1.807) is 0 Å². The quantitative estimate of drug-likeness (QED) is 0.135. The van der Waals surface area contributed by atoms with Crippen molar-refractivity contribution in [3.8, 4) is 78.4 Å². The van der Waals surface area contributed by atoms with Crippen LogP contribution >= 0.6 is 0 Å². The molecule has 0 atom stereocenters. The van der Waals surface area contributed by atoms with Crippen molar-refractivity contribution in [3.05, 3.63) is 534 Å². The molecule has 0 saturated carbocycles. The van der Waals surface area contributed by atoms with Gasteiger partial charge in [-0.25, -0.2) is 19.4 Å². The Morgan fingerprint density at radius 3 is 0.872 bits per heavy atom. The Balaban J connectivity index is 0.000000108. The van der Waals surface area contributed by atoms with Crippen LogP contribution in [0.2, 0.25) is 0 Å². The topological polar surface area (TPSA) is 73.2 Å². The van der Waals surface area contributed by atoms with Crippen molar-refractivity contribution < 1.29 is 8.83 Å². The summed E-state index contributed by atoms with van der Waals surface area (Å²) in [5.74, 6) is 0. The molecule has 149 heavy (non-hydrogen) atoms. The number of benzene rings is 21. The van der Waals surface area contributed by atoms with Gasteiger partial charge < -0.3 is 41.8 Å². The number of para-hydroxylation sites is 10. The maximum atomic E-state index is 7.63. The van der Waals surface area contributed by atoms with Crippen molar-refractivity contribution in [2.24, 2.45) is 0 Å². The van der Waals surface area contributed by atoms with Gasteiger partial charge in [0.1, 0.15) is 22.3 Å². The van der Waals surface area contributed by atoms with Crippen molar-refractivity contribution in [2.75, 3.05) is 14.7 Å². The minimum atomic E-state index is 0.646. The van der Waals surface area contributed by atoms with Crippen LogP contribution in [0.1, 0.15) is 33.4 Å². The van der Waals surface area contributed by atoms with Gasteiger partial charge in [-0.1, -0.05) is 261 Å². The first-order valence-corrected chi connectivity index (χ1v) is 50.3. The van der Waals surface area contributed by atoms with E-state index in [9.17, 15) is 0 Å². The molecule has 13 heteroatoms. The van der Waals surface area contributed by atoms with Crippen LogP contribution in [0.25, 0.3) is 229 Å². The van der Waals surface area contributed by atoms with Gasteiger partial charge >= 0.3 is 0 Å². The SMILES string of the molecule is [C-]#[N+]c1ccc2c(c1)c1ccccc1n2-c1ccc2c(c1)CN(c1ccccc1)Cc1ccc(-c3ccc4c(c3)oc3ccccc34)cc1-2.[C-]#[N+]c1ccc2c(c1)c1ccccc1n2-c1ccc2c(c1)CN(c1ccccc1)Cc1ccc(-c3cccc4c3oc3ccccc34)cc1-2.[C-]#[N+]c1ccc2c(c1)c1ccccc1n2-c1ccc2c(c1)CN(c1ccccc1)Cc1ccc(-n3c4ccccc4c4cc([N+]#[C-])ccc43)cc1-2. The summed E-state index contributed by atoms with van der Waals surface area (Å²) >= 11 is 0. The molecule has 0 aliphatic carbocycles. The average Bonchev–Trinajstić information content (AvgIpc) is 1.59. The molecule has 0 saturated heterocycles. The molecule has 0 unspecified atom stereocenters. The standard InChI is InChI=1S/C46H29N5.2C45H29N3O/c1-47-32-17-22-45-41(25-32)38-12-6-8-14-43(38)50(45)35-20-21-37-31(24-35)29-49(34-10-4-3-5-11-34)28-30-16-19-36(27-40(30)37)51-44-15-9-7-13-39(44)42-26-33(48-2)18-23-46(42)51;1-46-32-20-23-43-41(26-32)37-12-5-7-16-42(37)48(43)34-21-22-35-31(24-34)28-47(33-10-3-2-4-11-33)27-30-19-18-29(25-40(30)35)36-14-9-15-39-38-13-6-8-17-44(38)49-45(36)39;1-46-33-18-22-43-41(26-33)37-11-5-7-13-42(37)48(43)35-19-21-36-32(23-35)28-47(34-9-3-2-4-10-34)27-31-16-15-29(24-40(31)36)30-17-20-39-38-12-6-8-14-44(38)49-45(39)25-30/h3-27H,28-29H2;2*2-26H,27-28H2. The molecule has 21 aromatic carbocycles. The second-order valence-electron chi connectivity index (χ2n) is 38.9. The monoisotopic (exact) mass is 1910 g/mol. The lowest BCUT2D eigenvalue weighted by atomic mass is 9.92. The van der Waals surface area contributed by atoms with E-state index in [1.807, 2.05) is 72.8 Å². The Hall–Kier alpha value is -20.2. The molecule has 27 aromatic rings. The number of nitrogens with zero attached hydrogens (tertiary/aromatic N) is 11. The maximum Gasteiger partial charge on any atom is 0.188 e. The molecule has 6 aromatic heterocycles. The lowest BCUT2D eigenvalue weighted by Crippen LogP contribution is -2.20. The normalized spacial score (nSPS) is 12.6. The average molecular weight is 1910 g/mol. The van der Waals surface area contributed by atoms with Crippen molar-refractivity contribution in [1.82, 2.24) is 18.3 Å². The summed E-state index contributed by atoms with van der Waals surface area (Å²) in [7, 11) is 0. The Bertz CT molecular complexity index is 10400. The zero-order chi connectivity index (χ0) is 99.0. The first kappa shape index (κ1) is 86.6. The van der Waals surface area contributed by atoms with Gasteiger partial charge in [0, 0.05) is 128 Å². The predicted molar refractivity (Wildman–Crippen MR) is 612 cm³/mol. The molecule has 9 heterocycles. The zero-order valence-corrected chi connectivity index (χ0v) is 80.8. The van der Waals surface area contributed by atoms with Gasteiger partial charge in [-0.2, -0.15) is 0 Å². The molecule has 0 spiro atoms. The van der Waals surface area contributed by atoms with E-state index >= 15 is 0 Å². The van der Waals surface area contributed by atoms with E-state index in [0.29, 0.717) is 22.7 Å². The molecule has 0 bridgehead atoms. The van der Waals surface area contributed by atoms with Crippen LogP contribution in [-0.2, 0) is 39.3 Å². The number of hydrogen-bond acceptors (Lipinski definition) is 5. The Labute approximate surface area is 858 Å². The third kappa shape index (κ3) is 14.7. The molecular formula is C136H87N11O2. The van der Waals surface area contributed by atoms with Crippen LogP contribution in [0.3, 0.4) is 0 Å². The van der Waals surface area contributed by atoms with Gasteiger partial charge in [0.15, 0.2) is 22.7 Å². The first-order valence-electron chi connectivity index (χ1n) is 50.3. The summed E-state index contributed by atoms with van der Waals surface area (Å²) < 4.78 is 22.1. The smallest absolute Gasteiger partial charge is 0.188 e. The molecule has 0 N–H and O–H groups in total. The fourth-order valence-electron chi connectivity index (χ4n) is 23.7. The number of furan rings is 2. The van der Waals surface area contributed by atoms with Gasteiger partial charge in [0.05, 0.1) is 70.4 Å². The molecule has 3 aliphatic rings. The van der Waals surface area contributed by atoms with Crippen LogP contribution in [-0.4, -0.2) is 18.3 Å². The third-order valence-electron chi connectivity index (χ3n) is 30.6. The highest BCUT2D eigenvalue weighted by Crippen LogP contribution is 2.49. The fourth-order valence-corrected chi connectivity index (χ4v) is 23.7. The Kier molecular flexibility index (Phi) is 20.6. The minimum absolute atomic E-state index is 0.646. The van der Waals surface area contributed by atoms with Crippen LogP contribution < -0.4 is 14.7 Å². The number of aromatic nitrogens is 4. The third-order valence-corrected chi connectivity index (χ3v) is 30.6. The summed E-state index contributed by atoms with van der Waals surface area (Å²) in [6.45, 7) is 35.2. The van der Waals surface area contributed by atoms with Crippen LogP contribution in [0.5, 0.6) is 0 Å². The molecule has 0 fully saturated rings. The minimum Gasteiger partial charge on any atom is -0.456 e. The van der Waals surface area contributed by atoms with E-state index in [4.69, 9.17) is 35.1 Å². The summed E-state index contributed by atoms with van der Waals surface area (Å²) in [5, 5.41) is 13.5. The van der Waals surface area contributed by atoms with Crippen molar-refractivity contribution in [3.63, 3.8) is 0 Å². The number of rotatable bonds is 9. The van der Waals surface area contributed by atoms with E-state index in [0.717, 1.165) is 210 Å². The summed E-state index contributed by atoms with van der Waals surface area (Å²) in [5.41, 5.74) is 42.8. The number of anilines is 3. The van der Waals surface area contributed by atoms with Gasteiger partial charge in [-0.15, -0.1) is 0 Å². The van der Waals surface area contributed by atoms with Crippen molar-refractivity contribution >= 4 is 171 Å². The Morgan fingerprint density at radius 1 is 0.168 bits per heavy atom. The van der Waals surface area contributed by atoms with E-state index in [-0.39, 0.29) is 0 Å². The summed E-state index contributed by atoms with van der Waals surface area (Å²) in [6, 6.07) is 161. The van der Waals surface area contributed by atoms with Gasteiger partial charge in [0.25, 0.3) is 0 Å². The lowest BCUT2D eigenvalue weighted by Gasteiger charge is -2.24. The van der Waals surface area contributed by atoms with Gasteiger partial charge in [-0.3, -0.25) is 0 Å². The van der Waals surface area contributed by atoms with E-state index in [1.165, 1.54) is 89.4 Å². The van der Waals surface area contributed by atoms with Gasteiger partial charge in [-0.05, 0) is 299 Å². The van der Waals surface area contributed by atoms with Crippen LogP contribution in [0.4, 0.5) is 39.8 Å². The van der Waals surface area contributed by atoms with E-state index < -0.39 is 0 Å². The highest BCUT2D eigenvalue weighted by Gasteiger charge is 2.30. The number of fused-ring (bicyclic) bond motifs is 27. The van der Waals surface area contributed by atoms with E-state index in [2.05, 4.69) is 435 Å². The van der Waals surface area contributed by atoms with Crippen LogP contribution in [0, 0.1) is 26.3 Å². The molecule has 30 rings (SSSR count). The second-order valence-corrected chi connectivity index (χ2v) is 38.9. The van der Waals surface area contributed by atoms with Crippen molar-refractivity contribution in [2.45, 2.75) is 39.3 Å². The molecule has 13 nitrogen and oxygen atoms in total. The molecule has 0 radical (unpaired) electrons. The number of hydrogen-bond donors (Lipinski definition) is 0. The molecular weight excluding hydrogens is 1820 g/mol. The second kappa shape index (κ2) is 35.4. The Morgan fingerprint density at radius 2 is 0.463 bits per heavy atom. The summed E-state index contributed by atoms with van der Waals surface area (Å²) in [4.78, 5) is 22.3. The zero-order valence-electron chi connectivity index (χ0n) is 80.8. The highest BCUT2D eigenvalue weighted by atomic mass is 16.3. The maximum absolute atomic E-state index is 7.63. The van der Waals surface area contributed by atoms with Crippen LogP contribution in [0.15, 0.2) is 464 Å². The molecule has 3 aliphatic heterocycles. The molecule has 0 amide bonds. The highest BCUT2D eigenvalue weighted by molar-refractivity contribution is 6.16. The largest absolute Gasteiger partial charge is 0.456 e. The van der Waals surface area contributed by atoms with Crippen molar-refractivity contribution in [1.29, 1.82) is 0 Å².